The molecule has 1 N–H and O–H groups in total. The van der Waals surface area contributed by atoms with E-state index >= 15 is 0 Å². The molecule has 0 saturated heterocycles. The zero-order valence-corrected chi connectivity index (χ0v) is 8.64. The average Bonchev–Trinajstić information content (AvgIpc) is 2.67. The number of nitrogens with one attached hydrogen (secondary N) is 1. The Bertz CT molecular complexity index is 407. The molecule has 0 amide bonds. The summed E-state index contributed by atoms with van der Waals surface area (Å²) in [5.74, 6) is 0. The van der Waals surface area contributed by atoms with E-state index in [1.165, 1.54) is 11.8 Å². The van der Waals surface area contributed by atoms with Crippen molar-refractivity contribution in [2.24, 2.45) is 5.10 Å². The summed E-state index contributed by atoms with van der Waals surface area (Å²) in [5.41, 5.74) is 3.94. The summed E-state index contributed by atoms with van der Waals surface area (Å²) in [6.45, 7) is 0. The van der Waals surface area contributed by atoms with Crippen molar-refractivity contribution in [3.05, 3.63) is 34.9 Å². The Morgan fingerprint density at radius 3 is 2.71 bits per heavy atom. The Morgan fingerprint density at radius 2 is 2.14 bits per heavy atom. The maximum absolute atomic E-state index is 8.61. The second kappa shape index (κ2) is 3.91. The topological polar surface area (TPSA) is 48.2 Å². The van der Waals surface area contributed by atoms with Crippen LogP contribution in [0.1, 0.15) is 10.9 Å². The van der Waals surface area contributed by atoms with E-state index in [-0.39, 0.29) is 5.37 Å². The fourth-order valence-corrected chi connectivity index (χ4v) is 2.02. The van der Waals surface area contributed by atoms with Crippen LogP contribution >= 0.6 is 23.4 Å². The molecule has 1 atom stereocenters. The van der Waals surface area contributed by atoms with Gasteiger partial charge in [0.15, 0.2) is 5.04 Å². The third kappa shape index (κ3) is 1.84. The predicted molar refractivity (Wildman–Crippen MR) is 58.0 cm³/mol. The van der Waals surface area contributed by atoms with Gasteiger partial charge in [-0.25, -0.2) is 0 Å². The van der Waals surface area contributed by atoms with Gasteiger partial charge in [-0.05, 0) is 17.7 Å². The zero-order valence-electron chi connectivity index (χ0n) is 7.07. The lowest BCUT2D eigenvalue weighted by molar-refractivity contribution is 0.744. The second-order valence-corrected chi connectivity index (χ2v) is 4.24. The highest BCUT2D eigenvalue weighted by Crippen LogP contribution is 2.31. The third-order valence-electron chi connectivity index (χ3n) is 1.78. The molecule has 1 aromatic rings. The molecule has 14 heavy (non-hydrogen) atoms. The third-order valence-corrected chi connectivity index (χ3v) is 3.05. The lowest BCUT2D eigenvalue weighted by atomic mass is 10.2. The van der Waals surface area contributed by atoms with E-state index in [4.69, 9.17) is 16.9 Å². The van der Waals surface area contributed by atoms with E-state index in [1.54, 1.807) is 0 Å². The number of thioether (sulfide) groups is 1. The molecule has 0 spiro atoms. The Labute approximate surface area is 90.8 Å². The first-order valence-electron chi connectivity index (χ1n) is 3.95. The van der Waals surface area contributed by atoms with Gasteiger partial charge in [0.1, 0.15) is 11.4 Å². The van der Waals surface area contributed by atoms with Gasteiger partial charge in [0.05, 0.1) is 0 Å². The Morgan fingerprint density at radius 1 is 1.43 bits per heavy atom. The lowest BCUT2D eigenvalue weighted by Crippen LogP contribution is -2.06. The van der Waals surface area contributed by atoms with Crippen molar-refractivity contribution in [2.45, 2.75) is 5.37 Å². The lowest BCUT2D eigenvalue weighted by Gasteiger charge is -2.08. The molecule has 0 saturated carbocycles. The molecule has 0 bridgehead atoms. The minimum atomic E-state index is 0.0296. The molecule has 0 unspecified atom stereocenters. The van der Waals surface area contributed by atoms with Crippen LogP contribution in [0.2, 0.25) is 5.02 Å². The number of rotatable bonds is 1. The molecule has 3 nitrogen and oxygen atoms in total. The maximum atomic E-state index is 8.61. The number of halogens is 1. The van der Waals surface area contributed by atoms with Gasteiger partial charge in [0.2, 0.25) is 0 Å². The van der Waals surface area contributed by atoms with Crippen LogP contribution in [0.25, 0.3) is 0 Å². The van der Waals surface area contributed by atoms with Gasteiger partial charge in [-0.1, -0.05) is 35.5 Å². The quantitative estimate of drug-likeness (QED) is 0.796. The van der Waals surface area contributed by atoms with Crippen LogP contribution < -0.4 is 5.43 Å². The van der Waals surface area contributed by atoms with Crippen LogP contribution in [0.3, 0.4) is 0 Å². The van der Waals surface area contributed by atoms with Crippen molar-refractivity contribution in [1.82, 2.24) is 5.43 Å². The van der Waals surface area contributed by atoms with E-state index in [0.29, 0.717) is 10.1 Å². The van der Waals surface area contributed by atoms with Crippen LogP contribution in [0.15, 0.2) is 29.4 Å². The molecule has 5 heteroatoms. The molecule has 70 valence electrons. The van der Waals surface area contributed by atoms with Gasteiger partial charge in [-0.2, -0.15) is 10.4 Å². The molecule has 1 heterocycles. The van der Waals surface area contributed by atoms with Gasteiger partial charge in [-0.15, -0.1) is 0 Å². The van der Waals surface area contributed by atoms with Crippen molar-refractivity contribution in [2.75, 3.05) is 0 Å². The summed E-state index contributed by atoms with van der Waals surface area (Å²) in [4.78, 5) is 0. The van der Waals surface area contributed by atoms with Gasteiger partial charge in [0, 0.05) is 5.02 Å². The van der Waals surface area contributed by atoms with E-state index in [2.05, 4.69) is 10.5 Å². The van der Waals surface area contributed by atoms with Crippen molar-refractivity contribution >= 4 is 28.4 Å². The fourth-order valence-electron chi connectivity index (χ4n) is 1.11. The van der Waals surface area contributed by atoms with Crippen LogP contribution in [-0.4, -0.2) is 5.04 Å². The van der Waals surface area contributed by atoms with Crippen molar-refractivity contribution in [3.63, 3.8) is 0 Å². The molecular weight excluding hydrogens is 218 g/mol. The standard InChI is InChI=1S/C9H6ClN3S/c10-7-3-1-6(2-4-7)9-13-12-8(5-11)14-9/h1-4,9,13H/t9-/m1/s1. The number of nitriles is 1. The second-order valence-electron chi connectivity index (χ2n) is 2.71. The summed E-state index contributed by atoms with van der Waals surface area (Å²) >= 11 is 7.17. The maximum Gasteiger partial charge on any atom is 0.195 e. The van der Waals surface area contributed by atoms with Crippen LogP contribution in [-0.2, 0) is 0 Å². The van der Waals surface area contributed by atoms with E-state index < -0.39 is 0 Å². The molecule has 1 aliphatic rings. The minimum absolute atomic E-state index is 0.0296. The van der Waals surface area contributed by atoms with Crippen molar-refractivity contribution < 1.29 is 0 Å². The Hall–Kier alpha value is -1.18. The first kappa shape index (κ1) is 9.38. The molecule has 0 aromatic heterocycles. The molecule has 2 rings (SSSR count). The number of hydrogen-bond donors (Lipinski definition) is 1. The summed E-state index contributed by atoms with van der Waals surface area (Å²) in [5, 5.41) is 13.7. The van der Waals surface area contributed by atoms with Crippen LogP contribution in [0.5, 0.6) is 0 Å². The average molecular weight is 224 g/mol. The number of nitrogens with zero attached hydrogens (tertiary/aromatic N) is 2. The first-order valence-corrected chi connectivity index (χ1v) is 5.21. The smallest absolute Gasteiger partial charge is 0.195 e. The fraction of sp³-hybridized carbons (Fsp3) is 0.111. The molecule has 1 aromatic carbocycles. The Kier molecular flexibility index (Phi) is 2.62. The van der Waals surface area contributed by atoms with Crippen LogP contribution in [0.4, 0.5) is 0 Å². The largest absolute Gasteiger partial charge is 0.290 e. The number of hydrogen-bond acceptors (Lipinski definition) is 4. The zero-order chi connectivity index (χ0) is 9.97. The highest BCUT2D eigenvalue weighted by Gasteiger charge is 2.20. The highest BCUT2D eigenvalue weighted by atomic mass is 35.5. The molecule has 0 aliphatic carbocycles. The molecular formula is C9H6ClN3S. The van der Waals surface area contributed by atoms with Crippen LogP contribution in [0, 0.1) is 11.3 Å². The van der Waals surface area contributed by atoms with Gasteiger partial charge < -0.3 is 0 Å². The van der Waals surface area contributed by atoms with Crippen molar-refractivity contribution in [1.29, 1.82) is 5.26 Å². The molecule has 0 fully saturated rings. The van der Waals surface area contributed by atoms with Crippen molar-refractivity contribution in [3.8, 4) is 6.07 Å². The van der Waals surface area contributed by atoms with E-state index in [1.807, 2.05) is 30.3 Å². The number of benzene rings is 1. The molecule has 1 aliphatic heterocycles. The minimum Gasteiger partial charge on any atom is -0.290 e. The summed E-state index contributed by atoms with van der Waals surface area (Å²) in [6.07, 6.45) is 0. The SMILES string of the molecule is N#CC1=NN[C@@H](c2ccc(Cl)cc2)S1. The van der Waals surface area contributed by atoms with Gasteiger partial charge in [0.25, 0.3) is 0 Å². The predicted octanol–water partition coefficient (Wildman–Crippen LogP) is 2.51. The summed E-state index contributed by atoms with van der Waals surface area (Å²) in [7, 11) is 0. The summed E-state index contributed by atoms with van der Waals surface area (Å²) < 4.78 is 0. The van der Waals surface area contributed by atoms with E-state index in [0.717, 1.165) is 5.56 Å². The monoisotopic (exact) mass is 223 g/mol. The normalized spacial score (nSPS) is 19.7. The first-order chi connectivity index (χ1) is 6.79. The van der Waals surface area contributed by atoms with Gasteiger partial charge >= 0.3 is 0 Å². The van der Waals surface area contributed by atoms with E-state index in [9.17, 15) is 0 Å². The molecule has 0 radical (unpaired) electrons. The number of hydrazone groups is 1. The summed E-state index contributed by atoms with van der Waals surface area (Å²) in [6, 6.07) is 9.48. The Balaban J connectivity index is 2.13. The van der Waals surface area contributed by atoms with Gasteiger partial charge in [-0.3, -0.25) is 5.43 Å². The highest BCUT2D eigenvalue weighted by molar-refractivity contribution is 8.14.